The normalized spacial score (nSPS) is 11.0. The number of aryl methyl sites for hydroxylation is 4. The van der Waals surface area contributed by atoms with Crippen molar-refractivity contribution >= 4 is 149 Å². The first-order chi connectivity index (χ1) is 68.1. The number of halogens is 2. The van der Waals surface area contributed by atoms with Crippen LogP contribution in [0.15, 0.2) is 362 Å². The fourth-order valence-corrected chi connectivity index (χ4v) is 17.1. The first-order valence-corrected chi connectivity index (χ1v) is 46.6. The highest BCUT2D eigenvalue weighted by Crippen LogP contribution is 2.30. The van der Waals surface area contributed by atoms with Gasteiger partial charge in [-0.1, -0.05) is 204 Å². The van der Waals surface area contributed by atoms with E-state index in [-0.39, 0.29) is 44.7 Å². The Morgan fingerprint density at radius 1 is 0.336 bits per heavy atom. The molecule has 0 N–H and O–H groups in total. The number of aromatic nitrogens is 8. The van der Waals surface area contributed by atoms with Crippen molar-refractivity contribution in [3.63, 3.8) is 0 Å². The Kier molecular flexibility index (Phi) is 29.0. The SMILES string of the molecule is Cc1cc(C#Cc2ccccc2)ccc1-n1c(/C=C/c2ccc([N+](=O)[O-])o2)nc2ccccc2c1=O.Cc1cc(C#Cc2ccccc2)ccc1-n1c(/C=C/c2ccc([N+](=O)[O-])s2)nc2ccccc2c1=O.Cc1cc(C#Cc2cccs2)ccc1-n1c(/C=C/c2ccc(Cl)cc2)nc2ccccc2c1=O.Cc1cc(C#Cc2cccs2)ccc1-n1c(/C=C/c2ccc(F)cc2)nc2ccccc2c1=O. The Morgan fingerprint density at radius 3 is 1.01 bits per heavy atom. The zero-order chi connectivity index (χ0) is 97.1. The molecular formula is C116H76ClFN10O9S3. The second kappa shape index (κ2) is 43.4. The number of para-hydroxylation sites is 4. The minimum Gasteiger partial charge on any atom is -0.401 e. The first kappa shape index (κ1) is 93.6. The van der Waals surface area contributed by atoms with E-state index in [1.807, 2.05) is 299 Å². The number of rotatable bonds is 14. The molecule has 0 aliphatic heterocycles. The van der Waals surface area contributed by atoms with E-state index in [0.717, 1.165) is 99.2 Å². The smallest absolute Gasteiger partial charge is 0.401 e. The van der Waals surface area contributed by atoms with Crippen LogP contribution in [0.2, 0.25) is 5.02 Å². The van der Waals surface area contributed by atoms with Gasteiger partial charge in [0.2, 0.25) is 0 Å². The summed E-state index contributed by atoms with van der Waals surface area (Å²) in [4.78, 5) is 96.9. The third-order valence-corrected chi connectivity index (χ3v) is 24.7. The van der Waals surface area contributed by atoms with Crippen LogP contribution in [0.1, 0.15) is 110 Å². The Morgan fingerprint density at radius 2 is 0.671 bits per heavy atom. The van der Waals surface area contributed by atoms with E-state index in [0.29, 0.717) is 88.2 Å². The average Bonchev–Trinajstić information content (AvgIpc) is 0.976. The van der Waals surface area contributed by atoms with Gasteiger partial charge in [0.15, 0.2) is 0 Å². The maximum atomic E-state index is 13.6. The molecule has 8 aromatic heterocycles. The van der Waals surface area contributed by atoms with E-state index in [1.54, 1.807) is 121 Å². The van der Waals surface area contributed by atoms with Gasteiger partial charge in [-0.25, -0.2) is 24.3 Å². The molecule has 0 radical (unpaired) electrons. The van der Waals surface area contributed by atoms with Gasteiger partial charge in [0.1, 0.15) is 39.8 Å². The van der Waals surface area contributed by atoms with Crippen LogP contribution >= 0.6 is 45.6 Å². The van der Waals surface area contributed by atoms with Gasteiger partial charge in [-0.3, -0.25) is 57.7 Å². The van der Waals surface area contributed by atoms with Gasteiger partial charge >= 0.3 is 10.9 Å². The Balaban J connectivity index is 0.000000129. The zero-order valence-corrected chi connectivity index (χ0v) is 78.3. The molecular weight excluding hydrogens is 1830 g/mol. The molecule has 0 saturated carbocycles. The average molecular weight is 1900 g/mol. The molecule has 676 valence electrons. The van der Waals surface area contributed by atoms with E-state index < -0.39 is 9.85 Å². The van der Waals surface area contributed by atoms with Crippen LogP contribution in [0.25, 0.3) is 115 Å². The van der Waals surface area contributed by atoms with Crippen molar-refractivity contribution in [1.29, 1.82) is 0 Å². The van der Waals surface area contributed by atoms with Crippen LogP contribution in [0.3, 0.4) is 0 Å². The van der Waals surface area contributed by atoms with Crippen molar-refractivity contribution < 1.29 is 18.7 Å². The molecule has 24 heteroatoms. The van der Waals surface area contributed by atoms with E-state index in [2.05, 4.69) is 52.3 Å². The zero-order valence-electron chi connectivity index (χ0n) is 75.1. The van der Waals surface area contributed by atoms with Crippen LogP contribution in [0, 0.1) is 101 Å². The topological polar surface area (TPSA) is 239 Å². The van der Waals surface area contributed by atoms with Crippen molar-refractivity contribution in [2.75, 3.05) is 0 Å². The highest BCUT2D eigenvalue weighted by molar-refractivity contribution is 7.16. The summed E-state index contributed by atoms with van der Waals surface area (Å²) in [7, 11) is 0. The summed E-state index contributed by atoms with van der Waals surface area (Å²) in [6, 6.07) is 99.0. The lowest BCUT2D eigenvalue weighted by Gasteiger charge is -2.14. The number of thiophene rings is 3. The number of hydrogen-bond acceptors (Lipinski definition) is 16. The highest BCUT2D eigenvalue weighted by atomic mass is 35.5. The van der Waals surface area contributed by atoms with Gasteiger partial charge in [-0.15, -0.1) is 22.7 Å². The van der Waals surface area contributed by atoms with Crippen molar-refractivity contribution in [2.45, 2.75) is 27.7 Å². The molecule has 0 saturated heterocycles. The summed E-state index contributed by atoms with van der Waals surface area (Å²) in [6.45, 7) is 7.79. The van der Waals surface area contributed by atoms with E-state index in [1.165, 1.54) is 34.9 Å². The van der Waals surface area contributed by atoms with Crippen molar-refractivity contribution in [2.24, 2.45) is 0 Å². The molecule has 0 amide bonds. The minimum absolute atomic E-state index is 0.0570. The fourth-order valence-electron chi connectivity index (χ4n) is 15.1. The van der Waals surface area contributed by atoms with E-state index in [4.69, 9.17) is 31.0 Å². The minimum atomic E-state index is -0.604. The molecule has 20 rings (SSSR count). The third-order valence-electron chi connectivity index (χ3n) is 21.9. The molecule has 12 aromatic carbocycles. The largest absolute Gasteiger partial charge is 0.433 e. The van der Waals surface area contributed by atoms with Gasteiger partial charge in [-0.05, 0) is 302 Å². The molecule has 0 aliphatic carbocycles. The molecule has 0 spiro atoms. The van der Waals surface area contributed by atoms with Crippen LogP contribution < -0.4 is 22.2 Å². The van der Waals surface area contributed by atoms with E-state index in [9.17, 15) is 43.8 Å². The van der Waals surface area contributed by atoms with Gasteiger partial charge < -0.3 is 4.42 Å². The molecule has 19 nitrogen and oxygen atoms in total. The number of nitrogens with zero attached hydrogens (tertiary/aromatic N) is 10. The number of nitro groups is 2. The predicted molar refractivity (Wildman–Crippen MR) is 564 cm³/mol. The summed E-state index contributed by atoms with van der Waals surface area (Å²) in [6.07, 6.45) is 14.0. The lowest BCUT2D eigenvalue weighted by atomic mass is 10.1. The van der Waals surface area contributed by atoms with Gasteiger partial charge in [0.05, 0.1) is 87.1 Å². The van der Waals surface area contributed by atoms with E-state index >= 15 is 0 Å². The monoisotopic (exact) mass is 1900 g/mol. The maximum Gasteiger partial charge on any atom is 0.433 e. The maximum absolute atomic E-state index is 13.6. The molecule has 0 aliphatic rings. The number of benzene rings is 12. The summed E-state index contributed by atoms with van der Waals surface area (Å²) >= 11 is 10.3. The number of fused-ring (bicyclic) bond motifs is 4. The standard InChI is InChI=1S/C29H19ClN2OS.C29H19FN2OS.C29H19N3O4.C29H19N3O3S/c2*1-20-19-22(10-15-24-5-4-18-34-24)11-16-27(20)32-28(17-12-21-8-13-23(30)14-9-21)31-26-7-3-2-6-25(26)29(32)33;2*1-20-19-22(12-11-21-7-3-2-4-8-21)13-16-26(20)31-27(17-14-23-15-18-28(36-23)32(34)35)30-25-10-6-5-9-24(25)29(31)33/h2*2-9,11-14,16-19H,1H3;2*2-10,13-19H,1H3/b2*17-12+;2*17-14+. The molecule has 0 unspecified atom stereocenters. The molecule has 20 aromatic rings. The van der Waals surface area contributed by atoms with Gasteiger partial charge in [0, 0.05) is 49.3 Å². The lowest BCUT2D eigenvalue weighted by Crippen LogP contribution is -2.23. The third kappa shape index (κ3) is 22.6. The Bertz CT molecular complexity index is 8330. The highest BCUT2D eigenvalue weighted by Gasteiger charge is 2.21. The predicted octanol–water partition coefficient (Wildman–Crippen LogP) is 25.4. The van der Waals surface area contributed by atoms with Crippen LogP contribution in [-0.2, 0) is 0 Å². The Labute approximate surface area is 818 Å². The van der Waals surface area contributed by atoms with Gasteiger partial charge in [0.25, 0.3) is 22.2 Å². The first-order valence-electron chi connectivity index (χ1n) is 43.6. The van der Waals surface area contributed by atoms with Crippen LogP contribution in [0.4, 0.5) is 15.3 Å². The quantitative estimate of drug-likeness (QED) is 0.0560. The van der Waals surface area contributed by atoms with Crippen LogP contribution in [0.5, 0.6) is 0 Å². The second-order valence-electron chi connectivity index (χ2n) is 31.5. The number of hydrogen-bond donors (Lipinski definition) is 0. The number of furan rings is 1. The van der Waals surface area contributed by atoms with Crippen molar-refractivity contribution in [3.8, 4) is 70.1 Å². The summed E-state index contributed by atoms with van der Waals surface area (Å²) in [5, 5.41) is 28.8. The van der Waals surface area contributed by atoms with Gasteiger partial charge in [-0.2, -0.15) is 0 Å². The van der Waals surface area contributed by atoms with Crippen molar-refractivity contribution in [1.82, 2.24) is 38.2 Å². The summed E-state index contributed by atoms with van der Waals surface area (Å²) < 4.78 is 24.9. The Hall–Kier alpha value is -18.2. The molecule has 0 bridgehead atoms. The summed E-state index contributed by atoms with van der Waals surface area (Å²) in [5.41, 5.74) is 15.2. The van der Waals surface area contributed by atoms with Crippen LogP contribution in [-0.4, -0.2) is 48.1 Å². The molecule has 140 heavy (non-hydrogen) atoms. The second-order valence-corrected chi connectivity index (χ2v) is 34.9. The molecule has 0 atom stereocenters. The molecule has 0 fully saturated rings. The lowest BCUT2D eigenvalue weighted by molar-refractivity contribution is -0.402. The fraction of sp³-hybridized carbons (Fsp3) is 0.0345. The summed E-state index contributed by atoms with van der Waals surface area (Å²) in [5.74, 6) is 26.9. The molecule has 8 heterocycles. The van der Waals surface area contributed by atoms with Crippen molar-refractivity contribution in [3.05, 3.63) is 521 Å².